The van der Waals surface area contributed by atoms with Gasteiger partial charge in [0.2, 0.25) is 10.0 Å². The number of aryl methyl sites for hydroxylation is 1. The number of nitrogens with one attached hydrogen (secondary N) is 2. The van der Waals surface area contributed by atoms with Crippen molar-refractivity contribution < 1.29 is 8.42 Å². The van der Waals surface area contributed by atoms with Gasteiger partial charge in [-0.3, -0.25) is 4.72 Å². The molecule has 0 atom stereocenters. The van der Waals surface area contributed by atoms with E-state index in [4.69, 9.17) is 0 Å². The summed E-state index contributed by atoms with van der Waals surface area (Å²) in [6.45, 7) is 4.64. The largest absolute Gasteiger partial charge is 0.364 e. The number of nitrogens with zero attached hydrogens (tertiary/aromatic N) is 2. The number of hydrogen-bond acceptors (Lipinski definition) is 5. The summed E-state index contributed by atoms with van der Waals surface area (Å²) in [5.41, 5.74) is 2.38. The van der Waals surface area contributed by atoms with Gasteiger partial charge in [-0.25, -0.2) is 8.42 Å². The third-order valence-corrected chi connectivity index (χ3v) is 4.76. The van der Waals surface area contributed by atoms with E-state index in [9.17, 15) is 8.42 Å². The number of unbranched alkanes of at least 4 members (excludes halogenated alkanes) is 1. The van der Waals surface area contributed by atoms with Crippen molar-refractivity contribution in [3.63, 3.8) is 0 Å². The Kier molecular flexibility index (Phi) is 5.92. The molecule has 0 aliphatic rings. The number of aromatic nitrogens is 2. The molecule has 0 amide bonds. The van der Waals surface area contributed by atoms with E-state index in [-0.39, 0.29) is 11.6 Å². The first-order valence-electron chi connectivity index (χ1n) is 7.63. The Balaban J connectivity index is 1.93. The average molecular weight is 334 g/mol. The Morgan fingerprint density at radius 2 is 1.74 bits per heavy atom. The highest BCUT2D eigenvalue weighted by Gasteiger charge is 2.10. The topological polar surface area (TPSA) is 84.0 Å². The molecular formula is C16H22N4O2S. The van der Waals surface area contributed by atoms with Gasteiger partial charge in [0.05, 0.1) is 5.75 Å². The van der Waals surface area contributed by atoms with Crippen LogP contribution < -0.4 is 10.0 Å². The smallest absolute Gasteiger partial charge is 0.233 e. The lowest BCUT2D eigenvalue weighted by molar-refractivity contribution is 0.597. The van der Waals surface area contributed by atoms with Gasteiger partial charge in [0.15, 0.2) is 5.82 Å². The highest BCUT2D eigenvalue weighted by atomic mass is 32.2. The molecule has 0 unspecified atom stereocenters. The molecule has 0 saturated carbocycles. The zero-order valence-electron chi connectivity index (χ0n) is 13.4. The molecule has 0 fully saturated rings. The lowest BCUT2D eigenvalue weighted by Gasteiger charge is -2.09. The van der Waals surface area contributed by atoms with Gasteiger partial charge in [0.25, 0.3) is 0 Å². The highest BCUT2D eigenvalue weighted by molar-refractivity contribution is 7.92. The molecule has 0 radical (unpaired) electrons. The van der Waals surface area contributed by atoms with Crippen molar-refractivity contribution in [2.24, 2.45) is 0 Å². The maximum absolute atomic E-state index is 11.8. The minimum Gasteiger partial charge on any atom is -0.364 e. The summed E-state index contributed by atoms with van der Waals surface area (Å²) in [6.07, 6.45) is 1.45. The third kappa shape index (κ3) is 5.52. The van der Waals surface area contributed by atoms with Crippen molar-refractivity contribution >= 4 is 21.7 Å². The van der Waals surface area contributed by atoms with E-state index >= 15 is 0 Å². The number of sulfonamides is 1. The van der Waals surface area contributed by atoms with E-state index in [2.05, 4.69) is 33.2 Å². The van der Waals surface area contributed by atoms with Gasteiger partial charge in [-0.2, -0.15) is 0 Å². The molecule has 6 nitrogen and oxygen atoms in total. The minimum atomic E-state index is -3.34. The number of anilines is 2. The second-order valence-electron chi connectivity index (χ2n) is 5.36. The van der Waals surface area contributed by atoms with Crippen molar-refractivity contribution in [2.45, 2.75) is 33.2 Å². The second kappa shape index (κ2) is 7.92. The average Bonchev–Trinajstić information content (AvgIpc) is 2.53. The van der Waals surface area contributed by atoms with Crippen molar-refractivity contribution in [3.05, 3.63) is 47.5 Å². The third-order valence-electron chi connectivity index (χ3n) is 3.41. The van der Waals surface area contributed by atoms with E-state index in [1.54, 1.807) is 12.1 Å². The van der Waals surface area contributed by atoms with E-state index in [1.165, 1.54) is 11.1 Å². The van der Waals surface area contributed by atoms with E-state index in [0.29, 0.717) is 18.8 Å². The molecule has 1 aromatic heterocycles. The van der Waals surface area contributed by atoms with Gasteiger partial charge >= 0.3 is 0 Å². The van der Waals surface area contributed by atoms with Gasteiger partial charge in [0.1, 0.15) is 5.82 Å². The molecule has 0 bridgehead atoms. The van der Waals surface area contributed by atoms with Gasteiger partial charge < -0.3 is 5.32 Å². The fraction of sp³-hybridized carbons (Fsp3) is 0.375. The molecule has 0 spiro atoms. The first-order chi connectivity index (χ1) is 11.0. The molecule has 0 aliphatic carbocycles. The molecule has 2 rings (SSSR count). The summed E-state index contributed by atoms with van der Waals surface area (Å²) in [5.74, 6) is 0.936. The fourth-order valence-corrected chi connectivity index (χ4v) is 3.22. The van der Waals surface area contributed by atoms with E-state index in [0.717, 1.165) is 6.42 Å². The minimum absolute atomic E-state index is 0.0957. The predicted molar refractivity (Wildman–Crippen MR) is 92.9 cm³/mol. The zero-order valence-corrected chi connectivity index (χ0v) is 14.2. The van der Waals surface area contributed by atoms with Crippen LogP contribution in [0.15, 0.2) is 36.4 Å². The molecule has 124 valence electrons. The summed E-state index contributed by atoms with van der Waals surface area (Å²) in [5, 5.41) is 11.1. The summed E-state index contributed by atoms with van der Waals surface area (Å²) >= 11 is 0. The first kappa shape index (κ1) is 17.2. The maximum Gasteiger partial charge on any atom is 0.233 e. The monoisotopic (exact) mass is 334 g/mol. The molecule has 2 N–H and O–H groups in total. The van der Waals surface area contributed by atoms with Crippen molar-refractivity contribution in [3.8, 4) is 0 Å². The molecule has 2 aromatic rings. The van der Waals surface area contributed by atoms with Crippen LogP contribution in [0.1, 0.15) is 30.9 Å². The molecule has 1 heterocycles. The van der Waals surface area contributed by atoms with Crippen molar-refractivity contribution in [1.82, 2.24) is 10.2 Å². The van der Waals surface area contributed by atoms with Crippen LogP contribution in [0, 0.1) is 6.92 Å². The Hall–Kier alpha value is -2.15. The van der Waals surface area contributed by atoms with E-state index < -0.39 is 10.0 Å². The molecule has 0 aliphatic heterocycles. The van der Waals surface area contributed by atoms with Crippen LogP contribution in [-0.2, 0) is 16.6 Å². The SMILES string of the molecule is CCCCS(=O)(=O)Nc1ccc(NCc2ccccc2C)nn1. The van der Waals surface area contributed by atoms with E-state index in [1.807, 2.05) is 25.1 Å². The Morgan fingerprint density at radius 3 is 2.39 bits per heavy atom. The fourth-order valence-electron chi connectivity index (χ4n) is 2.02. The van der Waals surface area contributed by atoms with Gasteiger partial charge in [-0.05, 0) is 36.6 Å². The van der Waals surface area contributed by atoms with Crippen LogP contribution >= 0.6 is 0 Å². The number of rotatable bonds is 8. The van der Waals surface area contributed by atoms with Gasteiger partial charge in [-0.15, -0.1) is 10.2 Å². The quantitative estimate of drug-likeness (QED) is 0.775. The predicted octanol–water partition coefficient (Wildman–Crippen LogP) is 2.94. The maximum atomic E-state index is 11.8. The highest BCUT2D eigenvalue weighted by Crippen LogP contribution is 2.12. The summed E-state index contributed by atoms with van der Waals surface area (Å²) in [6, 6.07) is 11.4. The summed E-state index contributed by atoms with van der Waals surface area (Å²) in [7, 11) is -3.34. The molecule has 1 aromatic carbocycles. The van der Waals surface area contributed by atoms with Crippen LogP contribution in [0.5, 0.6) is 0 Å². The molecular weight excluding hydrogens is 312 g/mol. The van der Waals surface area contributed by atoms with Gasteiger partial charge in [0, 0.05) is 6.54 Å². The second-order valence-corrected chi connectivity index (χ2v) is 7.20. The van der Waals surface area contributed by atoms with Crippen molar-refractivity contribution in [2.75, 3.05) is 15.8 Å². The Labute approximate surface area is 137 Å². The Morgan fingerprint density at radius 1 is 1.04 bits per heavy atom. The lowest BCUT2D eigenvalue weighted by atomic mass is 10.1. The van der Waals surface area contributed by atoms with Crippen LogP contribution in [0.4, 0.5) is 11.6 Å². The van der Waals surface area contributed by atoms with Gasteiger partial charge in [-0.1, -0.05) is 37.6 Å². The van der Waals surface area contributed by atoms with Crippen LogP contribution in [-0.4, -0.2) is 24.4 Å². The number of hydrogen-bond donors (Lipinski definition) is 2. The number of benzene rings is 1. The Bertz CT molecular complexity index is 730. The van der Waals surface area contributed by atoms with Crippen LogP contribution in [0.2, 0.25) is 0 Å². The zero-order chi connectivity index (χ0) is 16.7. The molecule has 0 saturated heterocycles. The first-order valence-corrected chi connectivity index (χ1v) is 9.28. The molecule has 23 heavy (non-hydrogen) atoms. The normalized spacial score (nSPS) is 11.2. The van der Waals surface area contributed by atoms with Crippen molar-refractivity contribution in [1.29, 1.82) is 0 Å². The summed E-state index contributed by atoms with van der Waals surface area (Å²) in [4.78, 5) is 0. The standard InChI is InChI=1S/C16H22N4O2S/c1-3-4-11-23(21,22)20-16-10-9-15(18-19-16)17-12-14-8-6-5-7-13(14)2/h5-10H,3-4,11-12H2,1-2H3,(H,17,18)(H,19,20). The summed E-state index contributed by atoms with van der Waals surface area (Å²) < 4.78 is 26.0. The van der Waals surface area contributed by atoms with Crippen LogP contribution in [0.25, 0.3) is 0 Å². The van der Waals surface area contributed by atoms with Crippen LogP contribution in [0.3, 0.4) is 0 Å². The molecule has 7 heteroatoms. The lowest BCUT2D eigenvalue weighted by Crippen LogP contribution is -2.17.